The van der Waals surface area contributed by atoms with Crippen LogP contribution in [0.4, 0.5) is 0 Å². The minimum atomic E-state index is -2.82. The molecule has 13 heavy (non-hydrogen) atoms. The van der Waals surface area contributed by atoms with E-state index in [0.29, 0.717) is 0 Å². The van der Waals surface area contributed by atoms with E-state index < -0.39 is 20.3 Å². The normalized spacial score (nSPS) is 17.6. The standard InChI is InChI=1S/C9H13BO3/c1-3-7-4-5-8(10(11)12)9(6-7)13-2/h4-6,11-12H,3H2,1-2H3/i1D3,3D2. The zero-order valence-electron chi connectivity index (χ0n) is 12.1. The summed E-state index contributed by atoms with van der Waals surface area (Å²) < 4.78 is 41.5. The van der Waals surface area contributed by atoms with Crippen LogP contribution in [0, 0.1) is 0 Å². The molecule has 0 aliphatic rings. The number of methoxy groups -OCH3 is 1. The van der Waals surface area contributed by atoms with Crippen molar-refractivity contribution < 1.29 is 21.6 Å². The summed E-state index contributed by atoms with van der Waals surface area (Å²) in [7, 11) is -0.497. The summed E-state index contributed by atoms with van der Waals surface area (Å²) in [5.41, 5.74) is -0.0636. The highest BCUT2D eigenvalue weighted by molar-refractivity contribution is 6.59. The van der Waals surface area contributed by atoms with Crippen molar-refractivity contribution in [1.82, 2.24) is 0 Å². The lowest BCUT2D eigenvalue weighted by molar-refractivity contribution is 0.403. The van der Waals surface area contributed by atoms with E-state index in [4.69, 9.17) is 21.6 Å². The average Bonchev–Trinajstić information content (AvgIpc) is 2.26. The summed E-state index contributed by atoms with van der Waals surface area (Å²) in [4.78, 5) is 0. The lowest BCUT2D eigenvalue weighted by Gasteiger charge is -2.08. The predicted molar refractivity (Wildman–Crippen MR) is 52.2 cm³/mol. The van der Waals surface area contributed by atoms with E-state index in [1.807, 2.05) is 0 Å². The average molecular weight is 185 g/mol. The van der Waals surface area contributed by atoms with Gasteiger partial charge >= 0.3 is 7.12 Å². The van der Waals surface area contributed by atoms with Crippen LogP contribution >= 0.6 is 0 Å². The van der Waals surface area contributed by atoms with Crippen LogP contribution in [0.2, 0.25) is 0 Å². The Morgan fingerprint density at radius 1 is 1.62 bits per heavy atom. The first-order valence-electron chi connectivity index (χ1n) is 6.16. The van der Waals surface area contributed by atoms with Crippen LogP contribution in [0.3, 0.4) is 0 Å². The second-order valence-electron chi connectivity index (χ2n) is 2.46. The minimum absolute atomic E-state index is 0.0237. The van der Waals surface area contributed by atoms with Gasteiger partial charge in [0.1, 0.15) is 5.75 Å². The van der Waals surface area contributed by atoms with Crippen LogP contribution in [0.5, 0.6) is 5.75 Å². The Morgan fingerprint density at radius 3 is 2.92 bits per heavy atom. The second-order valence-corrected chi connectivity index (χ2v) is 2.46. The Labute approximate surface area is 85.1 Å². The van der Waals surface area contributed by atoms with Gasteiger partial charge in [0.25, 0.3) is 0 Å². The molecule has 0 atom stereocenters. The molecule has 4 heteroatoms. The second kappa shape index (κ2) is 4.30. The molecule has 3 nitrogen and oxygen atoms in total. The van der Waals surface area contributed by atoms with Crippen LogP contribution in [-0.4, -0.2) is 24.3 Å². The van der Waals surface area contributed by atoms with Gasteiger partial charge in [0.05, 0.1) is 7.11 Å². The summed E-state index contributed by atoms with van der Waals surface area (Å²) in [6.07, 6.45) is -2.54. The molecule has 0 saturated heterocycles. The van der Waals surface area contributed by atoms with E-state index in [-0.39, 0.29) is 16.8 Å². The maximum Gasteiger partial charge on any atom is 0.492 e. The van der Waals surface area contributed by atoms with Gasteiger partial charge in [-0.3, -0.25) is 0 Å². The molecule has 0 unspecified atom stereocenters. The van der Waals surface area contributed by atoms with Gasteiger partial charge in [-0.2, -0.15) is 0 Å². The number of hydrogen-bond donors (Lipinski definition) is 2. The smallest absolute Gasteiger partial charge is 0.492 e. The Morgan fingerprint density at radius 2 is 2.38 bits per heavy atom. The monoisotopic (exact) mass is 185 g/mol. The van der Waals surface area contributed by atoms with Crippen LogP contribution in [-0.2, 0) is 6.37 Å². The molecule has 0 bridgehead atoms. The van der Waals surface area contributed by atoms with Crippen LogP contribution in [0.25, 0.3) is 0 Å². The van der Waals surface area contributed by atoms with Crippen molar-refractivity contribution >= 4 is 12.6 Å². The minimum Gasteiger partial charge on any atom is -0.497 e. The first kappa shape index (κ1) is 5.03. The summed E-state index contributed by atoms with van der Waals surface area (Å²) in [6, 6.07) is 3.58. The van der Waals surface area contributed by atoms with Gasteiger partial charge in [0, 0.05) is 12.3 Å². The maximum absolute atomic E-state index is 9.06. The van der Waals surface area contributed by atoms with Gasteiger partial charge in [-0.05, 0) is 18.0 Å². The summed E-state index contributed by atoms with van der Waals surface area (Å²) in [6.45, 7) is -2.82. The molecular formula is C9H13BO3. The van der Waals surface area contributed by atoms with Gasteiger partial charge in [-0.1, -0.05) is 19.0 Å². The zero-order chi connectivity index (χ0) is 14.1. The number of rotatable bonds is 3. The molecule has 1 aromatic rings. The third-order valence-electron chi connectivity index (χ3n) is 1.66. The van der Waals surface area contributed by atoms with Crippen LogP contribution in [0.15, 0.2) is 18.2 Å². The van der Waals surface area contributed by atoms with Gasteiger partial charge < -0.3 is 14.8 Å². The SMILES string of the molecule is [2H]C([2H])([2H])C([2H])([2H])c1ccc(B(O)O)c(OC)c1. The third kappa shape index (κ3) is 2.23. The van der Waals surface area contributed by atoms with Crippen molar-refractivity contribution in [3.05, 3.63) is 23.8 Å². The zero-order valence-corrected chi connectivity index (χ0v) is 7.11. The van der Waals surface area contributed by atoms with Crippen molar-refractivity contribution in [3.8, 4) is 5.75 Å². The fourth-order valence-electron chi connectivity index (χ4n) is 1.00. The van der Waals surface area contributed by atoms with Crippen molar-refractivity contribution in [2.45, 2.75) is 13.2 Å². The highest BCUT2D eigenvalue weighted by atomic mass is 16.5. The van der Waals surface area contributed by atoms with Gasteiger partial charge in [-0.15, -0.1) is 0 Å². The highest BCUT2D eigenvalue weighted by Gasteiger charge is 2.16. The van der Waals surface area contributed by atoms with Gasteiger partial charge in [0.15, 0.2) is 0 Å². The van der Waals surface area contributed by atoms with Gasteiger partial charge in [0.2, 0.25) is 0 Å². The van der Waals surface area contributed by atoms with E-state index in [1.54, 1.807) is 0 Å². The maximum atomic E-state index is 9.06. The molecule has 0 saturated carbocycles. The van der Waals surface area contributed by atoms with E-state index in [9.17, 15) is 0 Å². The number of hydrogen-bond acceptors (Lipinski definition) is 3. The Kier molecular flexibility index (Phi) is 1.66. The molecule has 0 aromatic heterocycles. The summed E-state index contributed by atoms with van der Waals surface area (Å²) in [5, 5.41) is 18.1. The molecule has 0 radical (unpaired) electrons. The third-order valence-corrected chi connectivity index (χ3v) is 1.66. The molecule has 0 fully saturated rings. The number of ether oxygens (including phenoxy) is 1. The quantitative estimate of drug-likeness (QED) is 0.648. The first-order valence-corrected chi connectivity index (χ1v) is 3.66. The van der Waals surface area contributed by atoms with Crippen molar-refractivity contribution in [3.63, 3.8) is 0 Å². The lowest BCUT2D eigenvalue weighted by Crippen LogP contribution is -2.31. The van der Waals surface area contributed by atoms with Crippen molar-refractivity contribution in [1.29, 1.82) is 0 Å². The van der Waals surface area contributed by atoms with E-state index in [1.165, 1.54) is 19.2 Å². The molecule has 0 aliphatic heterocycles. The number of aryl methyl sites for hydroxylation is 1. The largest absolute Gasteiger partial charge is 0.497 e. The fraction of sp³-hybridized carbons (Fsp3) is 0.333. The highest BCUT2D eigenvalue weighted by Crippen LogP contribution is 2.11. The molecule has 70 valence electrons. The summed E-state index contributed by atoms with van der Waals surface area (Å²) >= 11 is 0. The van der Waals surface area contributed by atoms with Crippen molar-refractivity contribution in [2.75, 3.05) is 7.11 Å². The summed E-state index contributed by atoms with van der Waals surface area (Å²) in [5.74, 6) is 0.0237. The Hall–Kier alpha value is -0.995. The molecule has 2 N–H and O–H groups in total. The molecule has 1 rings (SSSR count). The first-order chi connectivity index (χ1) is 8.11. The topological polar surface area (TPSA) is 49.7 Å². The van der Waals surface area contributed by atoms with Crippen molar-refractivity contribution in [2.24, 2.45) is 0 Å². The predicted octanol–water partition coefficient (Wildman–Crippen LogP) is -0.0626. The van der Waals surface area contributed by atoms with Crippen LogP contribution < -0.4 is 10.2 Å². The molecule has 0 spiro atoms. The molecule has 0 heterocycles. The van der Waals surface area contributed by atoms with E-state index in [0.717, 1.165) is 6.07 Å². The molecule has 0 amide bonds. The number of benzene rings is 1. The van der Waals surface area contributed by atoms with E-state index >= 15 is 0 Å². The Bertz CT molecular complexity index is 433. The van der Waals surface area contributed by atoms with E-state index in [2.05, 4.69) is 0 Å². The van der Waals surface area contributed by atoms with Gasteiger partial charge in [-0.25, -0.2) is 0 Å². The Balaban J connectivity index is 3.29. The van der Waals surface area contributed by atoms with Crippen LogP contribution in [0.1, 0.15) is 19.3 Å². The lowest BCUT2D eigenvalue weighted by atomic mass is 9.79. The molecule has 1 aromatic carbocycles. The molecule has 0 aliphatic carbocycles. The fourth-order valence-corrected chi connectivity index (χ4v) is 1.00. The molecular weight excluding hydrogens is 167 g/mol.